The van der Waals surface area contributed by atoms with Crippen LogP contribution in [-0.4, -0.2) is 40.2 Å². The van der Waals surface area contributed by atoms with Crippen LogP contribution in [0.15, 0.2) is 15.8 Å². The molecule has 1 N–H and O–H groups in total. The number of hydrogen-bond donors (Lipinski definition) is 1. The van der Waals surface area contributed by atoms with Crippen molar-refractivity contribution in [2.24, 2.45) is 14.1 Å². The predicted molar refractivity (Wildman–Crippen MR) is 76.4 cm³/mol. The molecule has 0 bridgehead atoms. The van der Waals surface area contributed by atoms with Gasteiger partial charge >= 0.3 is 5.69 Å². The van der Waals surface area contributed by atoms with Crippen LogP contribution in [0.1, 0.15) is 19.4 Å². The second-order valence-electron chi connectivity index (χ2n) is 5.16. The van der Waals surface area contributed by atoms with Gasteiger partial charge in [-0.25, -0.2) is 4.79 Å². The Labute approximate surface area is 113 Å². The van der Waals surface area contributed by atoms with E-state index in [-0.39, 0.29) is 11.2 Å². The lowest BCUT2D eigenvalue weighted by Crippen LogP contribution is -2.40. The molecule has 0 spiro atoms. The zero-order valence-corrected chi connectivity index (χ0v) is 12.4. The molecule has 6 heteroatoms. The Balaban J connectivity index is 2.60. The summed E-state index contributed by atoms with van der Waals surface area (Å²) in [5.74, 6) is 0. The van der Waals surface area contributed by atoms with Gasteiger partial charge in [-0.15, -0.1) is 0 Å². The number of aromatic nitrogens is 2. The molecule has 108 valence electrons. The van der Waals surface area contributed by atoms with Crippen molar-refractivity contribution in [1.82, 2.24) is 19.4 Å². The maximum absolute atomic E-state index is 11.9. The zero-order chi connectivity index (χ0) is 14.6. The van der Waals surface area contributed by atoms with Gasteiger partial charge in [0.15, 0.2) is 0 Å². The van der Waals surface area contributed by atoms with E-state index in [9.17, 15) is 9.59 Å². The lowest BCUT2D eigenvalue weighted by Gasteiger charge is -2.20. The molecule has 0 saturated heterocycles. The standard InChI is InChI=1S/C13H24N4O2/c1-10(2)15(3)7-6-14-8-11-9-16(4)13(19)17(5)12(11)18/h9-10,14H,6-8H2,1-5H3. The molecule has 0 amide bonds. The van der Waals surface area contributed by atoms with Crippen molar-refractivity contribution in [2.75, 3.05) is 20.1 Å². The Hall–Kier alpha value is -1.40. The molecule has 1 heterocycles. The predicted octanol–water partition coefficient (Wildman–Crippen LogP) is -0.486. The molecule has 1 rings (SSSR count). The van der Waals surface area contributed by atoms with Crippen LogP contribution in [0, 0.1) is 0 Å². The minimum Gasteiger partial charge on any atom is -0.311 e. The van der Waals surface area contributed by atoms with E-state index in [4.69, 9.17) is 0 Å². The minimum atomic E-state index is -0.298. The first-order valence-corrected chi connectivity index (χ1v) is 6.51. The molecule has 0 unspecified atom stereocenters. The van der Waals surface area contributed by atoms with E-state index in [0.29, 0.717) is 18.2 Å². The molecule has 0 aromatic carbocycles. The van der Waals surface area contributed by atoms with Crippen molar-refractivity contribution >= 4 is 0 Å². The highest BCUT2D eigenvalue weighted by atomic mass is 16.2. The Morgan fingerprint density at radius 2 is 1.95 bits per heavy atom. The SMILES string of the molecule is CC(C)N(C)CCNCc1cn(C)c(=O)n(C)c1=O. The van der Waals surface area contributed by atoms with Crippen LogP contribution >= 0.6 is 0 Å². The lowest BCUT2D eigenvalue weighted by atomic mass is 10.3. The second kappa shape index (κ2) is 6.68. The van der Waals surface area contributed by atoms with Gasteiger partial charge in [-0.2, -0.15) is 0 Å². The van der Waals surface area contributed by atoms with E-state index >= 15 is 0 Å². The summed E-state index contributed by atoms with van der Waals surface area (Å²) in [6, 6.07) is 0.507. The Morgan fingerprint density at radius 1 is 1.32 bits per heavy atom. The Bertz CT molecular complexity index is 530. The average Bonchev–Trinajstić information content (AvgIpc) is 2.37. The van der Waals surface area contributed by atoms with Gasteiger partial charge in [0.05, 0.1) is 0 Å². The topological polar surface area (TPSA) is 59.3 Å². The van der Waals surface area contributed by atoms with E-state index in [2.05, 4.69) is 31.1 Å². The third-order valence-corrected chi connectivity index (χ3v) is 3.36. The molecule has 0 aliphatic rings. The Morgan fingerprint density at radius 3 is 2.53 bits per heavy atom. The van der Waals surface area contributed by atoms with Gasteiger partial charge in [-0.3, -0.25) is 9.36 Å². The van der Waals surface area contributed by atoms with E-state index in [0.717, 1.165) is 17.7 Å². The van der Waals surface area contributed by atoms with Gasteiger partial charge in [0.25, 0.3) is 5.56 Å². The average molecular weight is 268 g/mol. The van der Waals surface area contributed by atoms with Crippen molar-refractivity contribution in [3.05, 3.63) is 32.6 Å². The smallest absolute Gasteiger partial charge is 0.311 e. The summed E-state index contributed by atoms with van der Waals surface area (Å²) in [5, 5.41) is 3.23. The van der Waals surface area contributed by atoms with Crippen LogP contribution < -0.4 is 16.6 Å². The summed E-state index contributed by atoms with van der Waals surface area (Å²) < 4.78 is 2.57. The number of nitrogens with zero attached hydrogens (tertiary/aromatic N) is 3. The monoisotopic (exact) mass is 268 g/mol. The highest BCUT2D eigenvalue weighted by Crippen LogP contribution is 1.92. The van der Waals surface area contributed by atoms with E-state index in [1.165, 1.54) is 11.6 Å². The number of hydrogen-bond acceptors (Lipinski definition) is 4. The molecular formula is C13H24N4O2. The summed E-state index contributed by atoms with van der Waals surface area (Å²) in [6.07, 6.45) is 1.60. The zero-order valence-electron chi connectivity index (χ0n) is 12.4. The van der Waals surface area contributed by atoms with E-state index in [1.807, 2.05) is 0 Å². The molecule has 6 nitrogen and oxygen atoms in total. The first-order chi connectivity index (χ1) is 8.84. The minimum absolute atomic E-state index is 0.229. The van der Waals surface area contributed by atoms with E-state index < -0.39 is 0 Å². The third-order valence-electron chi connectivity index (χ3n) is 3.36. The fourth-order valence-electron chi connectivity index (χ4n) is 1.74. The van der Waals surface area contributed by atoms with Crippen molar-refractivity contribution in [1.29, 1.82) is 0 Å². The van der Waals surface area contributed by atoms with Gasteiger partial charge in [-0.1, -0.05) is 0 Å². The fourth-order valence-corrected chi connectivity index (χ4v) is 1.74. The van der Waals surface area contributed by atoms with Gasteiger partial charge in [0.1, 0.15) is 0 Å². The summed E-state index contributed by atoms with van der Waals surface area (Å²) in [4.78, 5) is 25.6. The van der Waals surface area contributed by atoms with Crippen LogP contribution in [0.3, 0.4) is 0 Å². The molecule has 0 saturated carbocycles. The Kier molecular flexibility index (Phi) is 5.50. The third kappa shape index (κ3) is 4.04. The van der Waals surface area contributed by atoms with Gasteiger partial charge in [0, 0.05) is 51.5 Å². The largest absolute Gasteiger partial charge is 0.330 e. The number of rotatable bonds is 6. The maximum Gasteiger partial charge on any atom is 0.330 e. The quantitative estimate of drug-likeness (QED) is 0.708. The molecule has 19 heavy (non-hydrogen) atoms. The maximum atomic E-state index is 11.9. The van der Waals surface area contributed by atoms with Gasteiger partial charge in [-0.05, 0) is 20.9 Å². The molecule has 1 aromatic rings. The highest BCUT2D eigenvalue weighted by Gasteiger charge is 2.07. The highest BCUT2D eigenvalue weighted by molar-refractivity contribution is 5.05. The summed E-state index contributed by atoms with van der Waals surface area (Å²) in [6.45, 7) is 6.49. The van der Waals surface area contributed by atoms with Crippen LogP contribution in [0.25, 0.3) is 0 Å². The number of likely N-dealkylation sites (N-methyl/N-ethyl adjacent to an activating group) is 1. The molecule has 0 radical (unpaired) electrons. The second-order valence-corrected chi connectivity index (χ2v) is 5.16. The van der Waals surface area contributed by atoms with Crippen LogP contribution in [0.5, 0.6) is 0 Å². The first kappa shape index (κ1) is 15.7. The summed E-state index contributed by atoms with van der Waals surface area (Å²) >= 11 is 0. The molecule has 0 aliphatic carbocycles. The van der Waals surface area contributed by atoms with Crippen molar-refractivity contribution in [2.45, 2.75) is 26.4 Å². The number of nitrogens with one attached hydrogen (secondary N) is 1. The van der Waals surface area contributed by atoms with Crippen molar-refractivity contribution in [3.8, 4) is 0 Å². The van der Waals surface area contributed by atoms with Crippen LogP contribution in [0.4, 0.5) is 0 Å². The summed E-state index contributed by atoms with van der Waals surface area (Å²) in [7, 11) is 5.22. The molecule has 1 aromatic heterocycles. The molecule has 0 fully saturated rings. The molecule has 0 aliphatic heterocycles. The molecular weight excluding hydrogens is 244 g/mol. The van der Waals surface area contributed by atoms with Crippen LogP contribution in [0.2, 0.25) is 0 Å². The fraction of sp³-hybridized carbons (Fsp3) is 0.692. The normalized spacial score (nSPS) is 11.5. The van der Waals surface area contributed by atoms with E-state index in [1.54, 1.807) is 13.2 Å². The van der Waals surface area contributed by atoms with Crippen LogP contribution in [-0.2, 0) is 20.6 Å². The lowest BCUT2D eigenvalue weighted by molar-refractivity contribution is 0.273. The van der Waals surface area contributed by atoms with Gasteiger partial charge in [0.2, 0.25) is 0 Å². The van der Waals surface area contributed by atoms with Crippen molar-refractivity contribution in [3.63, 3.8) is 0 Å². The summed E-state index contributed by atoms with van der Waals surface area (Å²) in [5.41, 5.74) is 0.0814. The number of aryl methyl sites for hydroxylation is 1. The van der Waals surface area contributed by atoms with Crippen molar-refractivity contribution < 1.29 is 0 Å². The van der Waals surface area contributed by atoms with Gasteiger partial charge < -0.3 is 14.8 Å². The first-order valence-electron chi connectivity index (χ1n) is 6.51. The molecule has 0 atom stereocenters.